The van der Waals surface area contributed by atoms with Crippen molar-refractivity contribution in [3.05, 3.63) is 36.5 Å². The van der Waals surface area contributed by atoms with Gasteiger partial charge in [-0.1, -0.05) is 121 Å². The van der Waals surface area contributed by atoms with Crippen LogP contribution in [0.5, 0.6) is 0 Å². The first-order chi connectivity index (χ1) is 18.1. The number of unbranched alkanes of at least 4 members (excludes halogenated alkanes) is 14. The fraction of sp³-hybridized carbons (Fsp3) is 0.781. The van der Waals surface area contributed by atoms with Crippen molar-refractivity contribution in [1.82, 2.24) is 5.32 Å². The second-order valence-electron chi connectivity index (χ2n) is 10.3. The number of aliphatic hydroxyl groups excluding tert-OH is 3. The van der Waals surface area contributed by atoms with Crippen LogP contribution in [0.2, 0.25) is 0 Å². The summed E-state index contributed by atoms with van der Waals surface area (Å²) in [6.45, 7) is 4.06. The van der Waals surface area contributed by atoms with Crippen molar-refractivity contribution in [3.63, 3.8) is 0 Å². The average Bonchev–Trinajstić information content (AvgIpc) is 2.90. The Morgan fingerprint density at radius 2 is 1.11 bits per heavy atom. The van der Waals surface area contributed by atoms with Crippen molar-refractivity contribution in [3.8, 4) is 0 Å². The molecule has 0 saturated heterocycles. The quantitative estimate of drug-likeness (QED) is 0.0710. The van der Waals surface area contributed by atoms with E-state index in [1.165, 1.54) is 83.5 Å². The summed E-state index contributed by atoms with van der Waals surface area (Å²) in [6.07, 6.45) is 31.7. The van der Waals surface area contributed by atoms with E-state index in [4.69, 9.17) is 0 Å². The van der Waals surface area contributed by atoms with Gasteiger partial charge in [0.25, 0.3) is 0 Å². The van der Waals surface area contributed by atoms with E-state index in [1.54, 1.807) is 6.08 Å². The summed E-state index contributed by atoms with van der Waals surface area (Å²) in [5.74, 6) is -0.553. The molecule has 0 heterocycles. The Morgan fingerprint density at radius 3 is 1.68 bits per heavy atom. The number of nitrogens with one attached hydrogen (secondary N) is 1. The zero-order chi connectivity index (χ0) is 27.4. The van der Waals surface area contributed by atoms with Crippen LogP contribution in [-0.2, 0) is 4.79 Å². The van der Waals surface area contributed by atoms with E-state index in [0.717, 1.165) is 25.7 Å². The van der Waals surface area contributed by atoms with Gasteiger partial charge in [0.15, 0.2) is 0 Å². The molecule has 0 aliphatic rings. The summed E-state index contributed by atoms with van der Waals surface area (Å²) in [7, 11) is 0. The van der Waals surface area contributed by atoms with Crippen LogP contribution in [0.15, 0.2) is 36.5 Å². The molecule has 0 rings (SSSR count). The standard InChI is InChI=1S/C32H59NO4/c1-3-5-7-9-11-13-14-15-16-17-18-19-21-22-24-26-30(35)29(28-34)33-32(37)31(36)27-25-23-20-12-10-8-6-4-2/h18-20,23-24,26,29-31,34-36H,3-17,21-22,25,27-28H2,1-2H3,(H,33,37)/b19-18+,23-20-,26-24+. The van der Waals surface area contributed by atoms with Crippen LogP contribution < -0.4 is 5.32 Å². The Balaban J connectivity index is 3.92. The van der Waals surface area contributed by atoms with Crippen molar-refractivity contribution < 1.29 is 20.1 Å². The Morgan fingerprint density at radius 1 is 0.649 bits per heavy atom. The number of amides is 1. The van der Waals surface area contributed by atoms with Gasteiger partial charge in [-0.3, -0.25) is 4.79 Å². The smallest absolute Gasteiger partial charge is 0.249 e. The minimum Gasteiger partial charge on any atom is -0.394 e. The molecule has 37 heavy (non-hydrogen) atoms. The summed E-state index contributed by atoms with van der Waals surface area (Å²) in [5.41, 5.74) is 0. The monoisotopic (exact) mass is 521 g/mol. The maximum absolute atomic E-state index is 12.2. The zero-order valence-electron chi connectivity index (χ0n) is 24.1. The molecule has 0 aliphatic carbocycles. The predicted octanol–water partition coefficient (Wildman–Crippen LogP) is 7.31. The summed E-state index contributed by atoms with van der Waals surface area (Å²) < 4.78 is 0. The maximum atomic E-state index is 12.2. The molecule has 0 bridgehead atoms. The number of carbonyl (C=O) groups is 1. The van der Waals surface area contributed by atoms with Gasteiger partial charge in [-0.25, -0.2) is 0 Å². The van der Waals surface area contributed by atoms with Crippen LogP contribution in [0.25, 0.3) is 0 Å². The first kappa shape index (κ1) is 35.6. The molecule has 5 heteroatoms. The molecule has 0 aliphatic heterocycles. The molecule has 0 spiro atoms. The van der Waals surface area contributed by atoms with Crippen molar-refractivity contribution >= 4 is 5.91 Å². The molecule has 0 aromatic rings. The summed E-state index contributed by atoms with van der Waals surface area (Å²) in [4.78, 5) is 12.2. The Bertz CT molecular complexity index is 587. The summed E-state index contributed by atoms with van der Waals surface area (Å²) >= 11 is 0. The molecule has 4 N–H and O–H groups in total. The summed E-state index contributed by atoms with van der Waals surface area (Å²) in [6, 6.07) is -0.824. The molecule has 0 radical (unpaired) electrons. The van der Waals surface area contributed by atoms with E-state index in [-0.39, 0.29) is 6.61 Å². The van der Waals surface area contributed by atoms with Crippen LogP contribution in [0.1, 0.15) is 136 Å². The number of carbonyl (C=O) groups excluding carboxylic acids is 1. The number of hydrogen-bond donors (Lipinski definition) is 4. The second-order valence-corrected chi connectivity index (χ2v) is 10.3. The average molecular weight is 522 g/mol. The Hall–Kier alpha value is -1.43. The van der Waals surface area contributed by atoms with Crippen molar-refractivity contribution in [2.24, 2.45) is 0 Å². The molecule has 216 valence electrons. The molecule has 5 nitrogen and oxygen atoms in total. The molecule has 0 fully saturated rings. The van der Waals surface area contributed by atoms with E-state index < -0.39 is 24.2 Å². The van der Waals surface area contributed by atoms with Gasteiger partial charge >= 0.3 is 0 Å². The molecule has 1 amide bonds. The third kappa shape index (κ3) is 23.4. The lowest BCUT2D eigenvalue weighted by atomic mass is 10.1. The highest BCUT2D eigenvalue weighted by Crippen LogP contribution is 2.11. The summed E-state index contributed by atoms with van der Waals surface area (Å²) in [5, 5.41) is 32.5. The highest BCUT2D eigenvalue weighted by Gasteiger charge is 2.22. The normalized spacial score (nSPS) is 14.6. The zero-order valence-corrected chi connectivity index (χ0v) is 24.1. The largest absolute Gasteiger partial charge is 0.394 e. The van der Waals surface area contributed by atoms with Crippen LogP contribution in [0, 0.1) is 0 Å². The SMILES string of the molecule is CCCCCC/C=C\CCC(O)C(=O)NC(CO)C(O)/C=C/CC/C=C/CCCCCCCCCCC. The van der Waals surface area contributed by atoms with Gasteiger partial charge < -0.3 is 20.6 Å². The van der Waals surface area contributed by atoms with Crippen LogP contribution in [0.3, 0.4) is 0 Å². The van der Waals surface area contributed by atoms with E-state index in [0.29, 0.717) is 12.8 Å². The third-order valence-electron chi connectivity index (χ3n) is 6.71. The van der Waals surface area contributed by atoms with Gasteiger partial charge in [0, 0.05) is 0 Å². The highest BCUT2D eigenvalue weighted by atomic mass is 16.3. The first-order valence-electron chi connectivity index (χ1n) is 15.3. The first-order valence-corrected chi connectivity index (χ1v) is 15.3. The molecule has 3 unspecified atom stereocenters. The van der Waals surface area contributed by atoms with E-state index in [1.807, 2.05) is 12.2 Å². The van der Waals surface area contributed by atoms with E-state index in [9.17, 15) is 20.1 Å². The van der Waals surface area contributed by atoms with E-state index >= 15 is 0 Å². The third-order valence-corrected chi connectivity index (χ3v) is 6.71. The molecular weight excluding hydrogens is 462 g/mol. The van der Waals surface area contributed by atoms with Gasteiger partial charge in [-0.2, -0.15) is 0 Å². The van der Waals surface area contributed by atoms with Gasteiger partial charge in [-0.05, 0) is 51.4 Å². The molecule has 0 aromatic carbocycles. The van der Waals surface area contributed by atoms with Gasteiger partial charge in [0.2, 0.25) is 5.91 Å². The van der Waals surface area contributed by atoms with Crippen molar-refractivity contribution in [2.75, 3.05) is 6.61 Å². The molecular formula is C32H59NO4. The number of rotatable bonds is 26. The molecule has 0 saturated carbocycles. The fourth-order valence-corrected chi connectivity index (χ4v) is 4.20. The lowest BCUT2D eigenvalue weighted by Crippen LogP contribution is -2.48. The number of aliphatic hydroxyl groups is 3. The molecule has 0 aromatic heterocycles. The fourth-order valence-electron chi connectivity index (χ4n) is 4.20. The van der Waals surface area contributed by atoms with Crippen LogP contribution in [0.4, 0.5) is 0 Å². The van der Waals surface area contributed by atoms with Gasteiger partial charge in [-0.15, -0.1) is 0 Å². The number of hydrogen-bond acceptors (Lipinski definition) is 4. The Kier molecular flexibility index (Phi) is 26.5. The van der Waals surface area contributed by atoms with E-state index in [2.05, 4.69) is 37.4 Å². The predicted molar refractivity (Wildman–Crippen MR) is 158 cm³/mol. The lowest BCUT2D eigenvalue weighted by Gasteiger charge is -2.21. The number of allylic oxidation sites excluding steroid dienone is 5. The van der Waals surface area contributed by atoms with Gasteiger partial charge in [0.05, 0.1) is 18.8 Å². The minimum atomic E-state index is -1.15. The minimum absolute atomic E-state index is 0.326. The Labute approximate surface area is 228 Å². The van der Waals surface area contributed by atoms with Gasteiger partial charge in [0.1, 0.15) is 6.10 Å². The topological polar surface area (TPSA) is 89.8 Å². The van der Waals surface area contributed by atoms with Crippen molar-refractivity contribution in [1.29, 1.82) is 0 Å². The molecule has 3 atom stereocenters. The lowest BCUT2D eigenvalue weighted by molar-refractivity contribution is -0.131. The second kappa shape index (κ2) is 27.6. The van der Waals surface area contributed by atoms with Crippen LogP contribution >= 0.6 is 0 Å². The van der Waals surface area contributed by atoms with Crippen molar-refractivity contribution in [2.45, 2.75) is 154 Å². The maximum Gasteiger partial charge on any atom is 0.249 e. The van der Waals surface area contributed by atoms with Crippen LogP contribution in [-0.4, -0.2) is 46.1 Å². The highest BCUT2D eigenvalue weighted by molar-refractivity contribution is 5.80.